The first-order valence-electron chi connectivity index (χ1n) is 12.1. The average Bonchev–Trinajstić information content (AvgIpc) is 3.30. The van der Waals surface area contributed by atoms with Crippen molar-refractivity contribution in [2.75, 3.05) is 5.32 Å². The van der Waals surface area contributed by atoms with Crippen LogP contribution in [0.1, 0.15) is 61.6 Å². The van der Waals surface area contributed by atoms with Crippen LogP contribution < -0.4 is 10.6 Å². The van der Waals surface area contributed by atoms with E-state index in [9.17, 15) is 4.79 Å². The van der Waals surface area contributed by atoms with Crippen molar-refractivity contribution in [2.45, 2.75) is 57.5 Å². The molecule has 1 amide bonds. The quantitative estimate of drug-likeness (QED) is 0.361. The third-order valence-electron chi connectivity index (χ3n) is 6.48. The molecule has 1 saturated carbocycles. The second-order valence-corrected chi connectivity index (χ2v) is 9.77. The van der Waals surface area contributed by atoms with Gasteiger partial charge >= 0.3 is 0 Å². The molecule has 2 aromatic heterocycles. The van der Waals surface area contributed by atoms with E-state index in [0.29, 0.717) is 10.6 Å². The fourth-order valence-corrected chi connectivity index (χ4v) is 4.74. The summed E-state index contributed by atoms with van der Waals surface area (Å²) in [5.41, 5.74) is 2.23. The summed E-state index contributed by atoms with van der Waals surface area (Å²) < 4.78 is 1.78. The third-order valence-corrected chi connectivity index (χ3v) is 6.80. The van der Waals surface area contributed by atoms with Crippen molar-refractivity contribution in [3.63, 3.8) is 0 Å². The number of carbonyl (C=O) groups excluding carboxylic acids is 1. The van der Waals surface area contributed by atoms with Gasteiger partial charge in [-0.15, -0.1) is 0 Å². The zero-order valence-corrected chi connectivity index (χ0v) is 20.7. The number of para-hydroxylation sites is 1. The first-order valence-corrected chi connectivity index (χ1v) is 12.5. The van der Waals surface area contributed by atoms with Crippen molar-refractivity contribution in [2.24, 2.45) is 0 Å². The molecule has 1 fully saturated rings. The maximum absolute atomic E-state index is 12.5. The summed E-state index contributed by atoms with van der Waals surface area (Å²) in [6.07, 6.45) is 5.53. The molecule has 2 N–H and O–H groups in total. The van der Waals surface area contributed by atoms with Gasteiger partial charge < -0.3 is 10.6 Å². The van der Waals surface area contributed by atoms with E-state index >= 15 is 0 Å². The fraction of sp³-hybridized carbons (Fsp3) is 0.333. The SMILES string of the molecule is CC(C)c1nc(NC2CCC(NC(=O)c3ccccc3)CC2)c2cnn(-c3ccccc3Cl)c2n1. The predicted octanol–water partition coefficient (Wildman–Crippen LogP) is 5.75. The molecule has 1 aliphatic carbocycles. The van der Waals surface area contributed by atoms with Gasteiger partial charge in [-0.1, -0.05) is 55.8 Å². The Kier molecular flexibility index (Phi) is 6.68. The van der Waals surface area contributed by atoms with Gasteiger partial charge in [-0.3, -0.25) is 4.79 Å². The van der Waals surface area contributed by atoms with Gasteiger partial charge in [-0.25, -0.2) is 14.6 Å². The van der Waals surface area contributed by atoms with E-state index in [1.54, 1.807) is 10.9 Å². The minimum absolute atomic E-state index is 0.00641. The topological polar surface area (TPSA) is 84.7 Å². The number of hydrogen-bond acceptors (Lipinski definition) is 5. The number of benzene rings is 2. The Morgan fingerprint density at radius 3 is 2.37 bits per heavy atom. The lowest BCUT2D eigenvalue weighted by Gasteiger charge is -2.30. The van der Waals surface area contributed by atoms with Gasteiger partial charge in [0.1, 0.15) is 11.6 Å². The molecule has 0 spiro atoms. The number of nitrogens with one attached hydrogen (secondary N) is 2. The molecule has 1 aliphatic rings. The van der Waals surface area contributed by atoms with Gasteiger partial charge in [0.2, 0.25) is 0 Å². The number of hydrogen-bond donors (Lipinski definition) is 2. The predicted molar refractivity (Wildman–Crippen MR) is 139 cm³/mol. The summed E-state index contributed by atoms with van der Waals surface area (Å²) >= 11 is 6.45. The molecule has 35 heavy (non-hydrogen) atoms. The minimum Gasteiger partial charge on any atom is -0.367 e. The average molecular weight is 489 g/mol. The van der Waals surface area contributed by atoms with Crippen LogP contribution in [0.2, 0.25) is 5.02 Å². The number of nitrogens with zero attached hydrogens (tertiary/aromatic N) is 4. The van der Waals surface area contributed by atoms with Crippen LogP contribution in [-0.4, -0.2) is 37.7 Å². The summed E-state index contributed by atoms with van der Waals surface area (Å²) in [5, 5.41) is 12.9. The number of rotatable bonds is 6. The van der Waals surface area contributed by atoms with E-state index in [1.807, 2.05) is 54.6 Å². The van der Waals surface area contributed by atoms with Gasteiger partial charge in [0.25, 0.3) is 5.91 Å². The number of amides is 1. The van der Waals surface area contributed by atoms with Gasteiger partial charge in [-0.2, -0.15) is 5.10 Å². The van der Waals surface area contributed by atoms with Gasteiger partial charge in [-0.05, 0) is 49.9 Å². The molecule has 0 bridgehead atoms. The number of aromatic nitrogens is 4. The molecule has 0 saturated heterocycles. The Hall–Kier alpha value is -3.45. The number of halogens is 1. The summed E-state index contributed by atoms with van der Waals surface area (Å²) in [6.45, 7) is 4.17. The molecule has 0 radical (unpaired) electrons. The van der Waals surface area contributed by atoms with Crippen molar-refractivity contribution in [3.05, 3.63) is 77.2 Å². The Bertz CT molecular complexity index is 1330. The lowest BCUT2D eigenvalue weighted by atomic mass is 9.91. The summed E-state index contributed by atoms with van der Waals surface area (Å²) in [6, 6.07) is 17.5. The van der Waals surface area contributed by atoms with Crippen LogP contribution >= 0.6 is 11.6 Å². The van der Waals surface area contributed by atoms with Crippen LogP contribution in [0.4, 0.5) is 5.82 Å². The van der Waals surface area contributed by atoms with Crippen molar-refractivity contribution < 1.29 is 4.79 Å². The van der Waals surface area contributed by atoms with Crippen LogP contribution in [0.5, 0.6) is 0 Å². The van der Waals surface area contributed by atoms with E-state index in [0.717, 1.165) is 54.0 Å². The first kappa shape index (κ1) is 23.3. The van der Waals surface area contributed by atoms with E-state index < -0.39 is 0 Å². The highest BCUT2D eigenvalue weighted by Crippen LogP contribution is 2.30. The fourth-order valence-electron chi connectivity index (χ4n) is 4.53. The van der Waals surface area contributed by atoms with Crippen LogP contribution in [0, 0.1) is 0 Å². The highest BCUT2D eigenvalue weighted by atomic mass is 35.5. The van der Waals surface area contributed by atoms with Crippen LogP contribution in [0.15, 0.2) is 60.8 Å². The molecule has 0 aliphatic heterocycles. The Balaban J connectivity index is 1.33. The largest absolute Gasteiger partial charge is 0.367 e. The lowest BCUT2D eigenvalue weighted by Crippen LogP contribution is -2.40. The second-order valence-electron chi connectivity index (χ2n) is 9.36. The Morgan fingerprint density at radius 1 is 0.971 bits per heavy atom. The van der Waals surface area contributed by atoms with Crippen molar-refractivity contribution >= 4 is 34.4 Å². The summed E-state index contributed by atoms with van der Waals surface area (Å²) in [5.74, 6) is 1.72. The molecular formula is C27H29ClN6O. The molecular weight excluding hydrogens is 460 g/mol. The van der Waals surface area contributed by atoms with Crippen molar-refractivity contribution in [1.82, 2.24) is 25.1 Å². The van der Waals surface area contributed by atoms with E-state index in [2.05, 4.69) is 29.6 Å². The maximum atomic E-state index is 12.5. The summed E-state index contributed by atoms with van der Waals surface area (Å²) in [7, 11) is 0. The third kappa shape index (κ3) is 5.00. The lowest BCUT2D eigenvalue weighted by molar-refractivity contribution is 0.0926. The van der Waals surface area contributed by atoms with Crippen LogP contribution in [-0.2, 0) is 0 Å². The van der Waals surface area contributed by atoms with Gasteiger partial charge in [0, 0.05) is 23.6 Å². The zero-order chi connectivity index (χ0) is 24.4. The van der Waals surface area contributed by atoms with Gasteiger partial charge in [0.05, 0.1) is 22.3 Å². The molecule has 2 heterocycles. The van der Waals surface area contributed by atoms with Crippen molar-refractivity contribution in [1.29, 1.82) is 0 Å². The molecule has 5 rings (SSSR count). The molecule has 7 nitrogen and oxygen atoms in total. The maximum Gasteiger partial charge on any atom is 0.251 e. The Labute approximate surface area is 209 Å². The highest BCUT2D eigenvalue weighted by molar-refractivity contribution is 6.32. The monoisotopic (exact) mass is 488 g/mol. The van der Waals surface area contributed by atoms with E-state index in [4.69, 9.17) is 21.6 Å². The molecule has 4 aromatic rings. The standard InChI is InChI=1S/C27H29ClN6O/c1-17(2)24-32-25(21-16-29-34(26(21)33-24)23-11-7-6-10-22(23)28)30-19-12-14-20(15-13-19)31-27(35)18-8-4-3-5-9-18/h3-11,16-17,19-20H,12-15H2,1-2H3,(H,31,35)(H,30,32,33). The Morgan fingerprint density at radius 2 is 1.66 bits per heavy atom. The van der Waals surface area contributed by atoms with Crippen molar-refractivity contribution in [3.8, 4) is 5.69 Å². The first-order chi connectivity index (χ1) is 17.0. The molecule has 8 heteroatoms. The molecule has 2 aromatic carbocycles. The smallest absolute Gasteiger partial charge is 0.251 e. The van der Waals surface area contributed by atoms with E-state index in [1.165, 1.54) is 0 Å². The number of anilines is 1. The number of carbonyl (C=O) groups is 1. The van der Waals surface area contributed by atoms with Crippen LogP contribution in [0.3, 0.4) is 0 Å². The minimum atomic E-state index is -0.00641. The normalized spacial score (nSPS) is 18.1. The molecule has 180 valence electrons. The van der Waals surface area contributed by atoms with Gasteiger partial charge in [0.15, 0.2) is 5.65 Å². The summed E-state index contributed by atoms with van der Waals surface area (Å²) in [4.78, 5) is 22.2. The zero-order valence-electron chi connectivity index (χ0n) is 19.9. The highest BCUT2D eigenvalue weighted by Gasteiger charge is 2.25. The second kappa shape index (κ2) is 10.0. The van der Waals surface area contributed by atoms with Crippen LogP contribution in [0.25, 0.3) is 16.7 Å². The van der Waals surface area contributed by atoms with E-state index in [-0.39, 0.29) is 23.9 Å². The number of fused-ring (bicyclic) bond motifs is 1. The molecule has 0 atom stereocenters. The molecule has 0 unspecified atom stereocenters.